The van der Waals surface area contributed by atoms with Crippen molar-refractivity contribution < 1.29 is 23.0 Å². The number of phenols is 1. The molecule has 0 aliphatic carbocycles. The summed E-state index contributed by atoms with van der Waals surface area (Å²) in [6.45, 7) is 3.87. The van der Waals surface area contributed by atoms with E-state index >= 15 is 8.78 Å². The van der Waals surface area contributed by atoms with E-state index in [1.165, 1.54) is 30.3 Å². The Bertz CT molecular complexity index is 1860. The van der Waals surface area contributed by atoms with Crippen molar-refractivity contribution in [2.45, 2.75) is 56.1 Å². The fraction of sp³-hybridized carbons (Fsp3) is 0.412. The van der Waals surface area contributed by atoms with Crippen molar-refractivity contribution in [1.82, 2.24) is 20.2 Å². The minimum atomic E-state index is -0.950. The zero-order chi connectivity index (χ0) is 30.2. The van der Waals surface area contributed by atoms with Crippen LogP contribution in [0.1, 0.15) is 44.1 Å². The molecule has 2 atom stereocenters. The molecule has 5 saturated heterocycles. The highest BCUT2D eigenvalue weighted by atomic mass is 19.1. The molecule has 3 aromatic carbocycles. The zero-order valence-electron chi connectivity index (χ0n) is 24.2. The SMILES string of the molecule is C#Cc1c(F)ccc2cc(O)cc(-c3c(F)cc4c(N5CC6CCC5CN6)nc(OCC56CCCN5CCC6)nc4c3F)c12. The molecule has 1 aromatic heterocycles. The number of ether oxygens (including phenoxy) is 1. The van der Waals surface area contributed by atoms with Crippen molar-refractivity contribution in [2.24, 2.45) is 0 Å². The van der Waals surface area contributed by atoms with Crippen molar-refractivity contribution in [3.63, 3.8) is 0 Å². The van der Waals surface area contributed by atoms with Crippen LogP contribution < -0.4 is 15.0 Å². The number of piperidine rings is 2. The number of phenolic OH excluding ortho intramolecular Hbond substituents is 1. The number of halogens is 3. The van der Waals surface area contributed by atoms with Gasteiger partial charge in [0.25, 0.3) is 0 Å². The first-order valence-electron chi connectivity index (χ1n) is 15.3. The van der Waals surface area contributed by atoms with Gasteiger partial charge >= 0.3 is 6.01 Å². The summed E-state index contributed by atoms with van der Waals surface area (Å²) in [6, 6.07) is 6.84. The summed E-state index contributed by atoms with van der Waals surface area (Å²) >= 11 is 0. The van der Waals surface area contributed by atoms with E-state index < -0.39 is 23.0 Å². The van der Waals surface area contributed by atoms with Gasteiger partial charge in [-0.2, -0.15) is 9.97 Å². The number of terminal acetylenes is 1. The summed E-state index contributed by atoms with van der Waals surface area (Å²) in [5, 5.41) is 14.8. The van der Waals surface area contributed by atoms with Gasteiger partial charge in [-0.15, -0.1) is 6.42 Å². The van der Waals surface area contributed by atoms with Crippen LogP contribution in [0, 0.1) is 29.8 Å². The van der Waals surface area contributed by atoms with E-state index in [0.717, 1.165) is 58.2 Å². The van der Waals surface area contributed by atoms with Crippen LogP contribution >= 0.6 is 0 Å². The van der Waals surface area contributed by atoms with Gasteiger partial charge in [0.2, 0.25) is 0 Å². The maximum absolute atomic E-state index is 16.8. The Morgan fingerprint density at radius 1 is 1.07 bits per heavy atom. The molecule has 6 heterocycles. The number of hydrogen-bond acceptors (Lipinski definition) is 7. The van der Waals surface area contributed by atoms with Gasteiger partial charge in [-0.3, -0.25) is 4.90 Å². The number of piperazine rings is 1. The largest absolute Gasteiger partial charge is 0.508 e. The Balaban J connectivity index is 1.32. The molecule has 0 radical (unpaired) electrons. The monoisotopic (exact) mass is 599 g/mol. The number of aromatic hydroxyl groups is 1. The van der Waals surface area contributed by atoms with Crippen LogP contribution in [-0.2, 0) is 0 Å². The van der Waals surface area contributed by atoms with E-state index in [2.05, 4.69) is 26.0 Å². The number of benzene rings is 3. The molecule has 2 bridgehead atoms. The van der Waals surface area contributed by atoms with Gasteiger partial charge in [-0.25, -0.2) is 13.2 Å². The van der Waals surface area contributed by atoms with Gasteiger partial charge in [0.05, 0.1) is 16.7 Å². The fourth-order valence-electron chi connectivity index (χ4n) is 8.08. The summed E-state index contributed by atoms with van der Waals surface area (Å²) in [7, 11) is 0. The lowest BCUT2D eigenvalue weighted by Crippen LogP contribution is -2.61. The van der Waals surface area contributed by atoms with E-state index in [4.69, 9.17) is 16.1 Å². The molecule has 5 aliphatic rings. The molecule has 7 nitrogen and oxygen atoms in total. The first-order valence-corrected chi connectivity index (χ1v) is 15.3. The molecule has 0 saturated carbocycles. The molecular formula is C34H32F3N5O2. The van der Waals surface area contributed by atoms with Crippen LogP contribution in [0.3, 0.4) is 0 Å². The van der Waals surface area contributed by atoms with Crippen molar-refractivity contribution in [2.75, 3.05) is 37.7 Å². The maximum atomic E-state index is 16.8. The molecule has 9 rings (SSSR count). The predicted molar refractivity (Wildman–Crippen MR) is 162 cm³/mol. The van der Waals surface area contributed by atoms with Crippen LogP contribution in [0.4, 0.5) is 19.0 Å². The van der Waals surface area contributed by atoms with Gasteiger partial charge in [-0.05, 0) is 81.3 Å². The number of nitrogens with zero attached hydrogens (tertiary/aromatic N) is 4. The van der Waals surface area contributed by atoms with Crippen molar-refractivity contribution >= 4 is 27.5 Å². The van der Waals surface area contributed by atoms with Gasteiger partial charge in [0, 0.05) is 41.5 Å². The Hall–Kier alpha value is -4.07. The number of nitrogens with one attached hydrogen (secondary N) is 1. The normalized spacial score (nSPS) is 22.5. The van der Waals surface area contributed by atoms with Crippen molar-refractivity contribution in [3.8, 4) is 35.2 Å². The summed E-state index contributed by atoms with van der Waals surface area (Å²) in [6.07, 6.45) is 11.9. The lowest BCUT2D eigenvalue weighted by Gasteiger charge is -2.46. The van der Waals surface area contributed by atoms with Crippen LogP contribution in [0.15, 0.2) is 30.3 Å². The molecule has 0 spiro atoms. The van der Waals surface area contributed by atoms with Crippen molar-refractivity contribution in [1.29, 1.82) is 0 Å². The molecule has 4 aromatic rings. The van der Waals surface area contributed by atoms with Crippen LogP contribution in [-0.4, -0.2) is 70.4 Å². The van der Waals surface area contributed by atoms with Gasteiger partial charge < -0.3 is 20.1 Å². The summed E-state index contributed by atoms with van der Waals surface area (Å²) in [4.78, 5) is 13.9. The second-order valence-corrected chi connectivity index (χ2v) is 12.6. The Kier molecular flexibility index (Phi) is 6.40. The number of anilines is 1. The lowest BCUT2D eigenvalue weighted by atomic mass is 9.91. The summed E-state index contributed by atoms with van der Waals surface area (Å²) < 4.78 is 54.2. The number of hydrogen-bond donors (Lipinski definition) is 2. The Labute approximate surface area is 253 Å². The van der Waals surface area contributed by atoms with E-state index in [0.29, 0.717) is 24.4 Å². The Morgan fingerprint density at radius 2 is 1.89 bits per heavy atom. The molecule has 44 heavy (non-hydrogen) atoms. The van der Waals surface area contributed by atoms with Crippen LogP contribution in [0.5, 0.6) is 11.8 Å². The van der Waals surface area contributed by atoms with Gasteiger partial charge in [-0.1, -0.05) is 12.0 Å². The summed E-state index contributed by atoms with van der Waals surface area (Å²) in [5.74, 6) is -0.0156. The molecule has 2 unspecified atom stereocenters. The number of rotatable bonds is 5. The highest BCUT2D eigenvalue weighted by Crippen LogP contribution is 2.43. The van der Waals surface area contributed by atoms with E-state index in [1.54, 1.807) is 0 Å². The first-order chi connectivity index (χ1) is 21.3. The minimum absolute atomic E-state index is 0.0441. The van der Waals surface area contributed by atoms with E-state index in [9.17, 15) is 9.50 Å². The third kappa shape index (κ3) is 4.20. The van der Waals surface area contributed by atoms with Crippen LogP contribution in [0.2, 0.25) is 0 Å². The topological polar surface area (TPSA) is 73.8 Å². The van der Waals surface area contributed by atoms with E-state index in [1.807, 2.05) is 0 Å². The number of fused-ring (bicyclic) bond motifs is 6. The average Bonchev–Trinajstić information content (AvgIpc) is 3.61. The molecule has 0 amide bonds. The fourth-order valence-corrected chi connectivity index (χ4v) is 8.08. The van der Waals surface area contributed by atoms with Gasteiger partial charge in [0.1, 0.15) is 35.3 Å². The highest BCUT2D eigenvalue weighted by molar-refractivity contribution is 6.04. The third-order valence-electron chi connectivity index (χ3n) is 10.2. The first kappa shape index (κ1) is 27.5. The maximum Gasteiger partial charge on any atom is 0.319 e. The molecule has 10 heteroatoms. The zero-order valence-corrected chi connectivity index (χ0v) is 24.2. The Morgan fingerprint density at radius 3 is 2.59 bits per heavy atom. The van der Waals surface area contributed by atoms with Gasteiger partial charge in [0.15, 0.2) is 5.82 Å². The van der Waals surface area contributed by atoms with E-state index in [-0.39, 0.29) is 56.8 Å². The molecule has 2 N–H and O–H groups in total. The lowest BCUT2D eigenvalue weighted by molar-refractivity contribution is 0.107. The molecule has 5 aliphatic heterocycles. The molecule has 226 valence electrons. The average molecular weight is 600 g/mol. The smallest absolute Gasteiger partial charge is 0.319 e. The van der Waals surface area contributed by atoms with Crippen molar-refractivity contribution in [3.05, 3.63) is 53.3 Å². The minimum Gasteiger partial charge on any atom is -0.508 e. The molecule has 5 fully saturated rings. The highest BCUT2D eigenvalue weighted by Gasteiger charge is 2.45. The quantitative estimate of drug-likeness (QED) is 0.294. The second-order valence-electron chi connectivity index (χ2n) is 12.6. The summed E-state index contributed by atoms with van der Waals surface area (Å²) in [5.41, 5.74) is -0.820. The number of aromatic nitrogens is 2. The standard InChI is InChI=1S/C34H32F3N5O2/c1-2-23-26(35)8-5-19-13-22(43)14-24(28(19)23)29-27(36)15-25-31(30(29)37)39-33(44-18-34-9-3-11-41(34)12-4-10-34)40-32(25)42-17-20-6-7-21(42)16-38-20/h1,5,8,13-15,20-21,38,43H,3-4,6-7,9-12,16-18H2. The second kappa shape index (κ2) is 10.2. The van der Waals surface area contributed by atoms with Crippen LogP contribution in [0.25, 0.3) is 32.8 Å². The third-order valence-corrected chi connectivity index (χ3v) is 10.2. The molecular weight excluding hydrogens is 567 g/mol. The predicted octanol–water partition coefficient (Wildman–Crippen LogP) is 5.50.